The first kappa shape index (κ1) is 25.0. The van der Waals surface area contributed by atoms with Crippen molar-refractivity contribution in [1.82, 2.24) is 9.88 Å². The number of nitrogens with zero attached hydrogens (tertiary/aromatic N) is 2. The van der Waals surface area contributed by atoms with Crippen molar-refractivity contribution in [3.8, 4) is 23.0 Å². The number of pyridine rings is 1. The van der Waals surface area contributed by atoms with E-state index in [4.69, 9.17) is 4.74 Å². The van der Waals surface area contributed by atoms with Gasteiger partial charge in [-0.05, 0) is 80.7 Å². The van der Waals surface area contributed by atoms with Crippen LogP contribution in [0.1, 0.15) is 35.7 Å². The molecule has 2 aliphatic rings. The molecule has 6 rings (SSSR count). The highest BCUT2D eigenvalue weighted by Crippen LogP contribution is 2.52. The fourth-order valence-electron chi connectivity index (χ4n) is 6.32. The molecule has 2 aliphatic carbocycles. The van der Waals surface area contributed by atoms with Gasteiger partial charge < -0.3 is 25.0 Å². The van der Waals surface area contributed by atoms with Crippen molar-refractivity contribution >= 4 is 39.8 Å². The molecule has 198 valence electrons. The highest BCUT2D eigenvalue weighted by Gasteiger charge is 2.42. The van der Waals surface area contributed by atoms with E-state index in [9.17, 15) is 15.3 Å². The maximum Gasteiger partial charge on any atom is 0.131 e. The molecule has 0 amide bonds. The Morgan fingerprint density at radius 2 is 1.69 bits per heavy atom. The number of aromatic nitrogens is 1. The molecule has 6 nitrogen and oxygen atoms in total. The highest BCUT2D eigenvalue weighted by molar-refractivity contribution is 5.99. The molecular weight excluding hydrogens is 488 g/mol. The lowest BCUT2D eigenvalue weighted by atomic mass is 9.80. The third-order valence-corrected chi connectivity index (χ3v) is 8.05. The topological polar surface area (TPSA) is 86.1 Å². The summed E-state index contributed by atoms with van der Waals surface area (Å²) in [5, 5.41) is 38.4. The Hall–Kier alpha value is -4.29. The van der Waals surface area contributed by atoms with Gasteiger partial charge in [0.25, 0.3) is 0 Å². The Bertz CT molecular complexity index is 1850. The molecule has 0 saturated carbocycles. The summed E-state index contributed by atoms with van der Waals surface area (Å²) in [6.45, 7) is 2.68. The van der Waals surface area contributed by atoms with Gasteiger partial charge in [0.05, 0.1) is 12.8 Å². The Balaban J connectivity index is 1.63. The van der Waals surface area contributed by atoms with E-state index in [1.54, 1.807) is 31.5 Å². The first-order valence-corrected chi connectivity index (χ1v) is 13.2. The molecule has 0 fully saturated rings. The van der Waals surface area contributed by atoms with Gasteiger partial charge in [-0.2, -0.15) is 0 Å². The van der Waals surface area contributed by atoms with Gasteiger partial charge in [0.2, 0.25) is 0 Å². The number of hydrogen-bond acceptors (Lipinski definition) is 6. The van der Waals surface area contributed by atoms with Gasteiger partial charge >= 0.3 is 0 Å². The first-order chi connectivity index (χ1) is 18.8. The molecule has 4 aromatic rings. The van der Waals surface area contributed by atoms with Gasteiger partial charge in [0.1, 0.15) is 23.0 Å². The van der Waals surface area contributed by atoms with Crippen LogP contribution in [0.4, 0.5) is 0 Å². The number of methoxy groups -OCH3 is 1. The molecule has 0 saturated heterocycles. The Kier molecular flexibility index (Phi) is 5.88. The zero-order chi connectivity index (χ0) is 27.5. The predicted octanol–water partition coefficient (Wildman–Crippen LogP) is 4.62. The lowest BCUT2D eigenvalue weighted by Crippen LogP contribution is -2.22. The van der Waals surface area contributed by atoms with Crippen molar-refractivity contribution in [2.75, 3.05) is 21.2 Å². The summed E-state index contributed by atoms with van der Waals surface area (Å²) in [5.74, 6) is 1.04. The fourth-order valence-corrected chi connectivity index (χ4v) is 6.32. The van der Waals surface area contributed by atoms with Crippen molar-refractivity contribution in [2.45, 2.75) is 31.7 Å². The van der Waals surface area contributed by atoms with Crippen LogP contribution in [-0.2, 0) is 18.4 Å². The second kappa shape index (κ2) is 9.17. The van der Waals surface area contributed by atoms with Crippen LogP contribution >= 0.6 is 0 Å². The quantitative estimate of drug-likeness (QED) is 0.263. The molecular formula is C33H32N2O4. The van der Waals surface area contributed by atoms with Crippen molar-refractivity contribution in [3.05, 3.63) is 81.5 Å². The lowest BCUT2D eigenvalue weighted by molar-refractivity contribution is 0.402. The standard InChI is InChI=1S/C33H32N2O4/c1-5-6-7-8-19-13-23-27(17-34-19)32(38)29-21(28(23)18-35(2)3)11-12-33(29)15-25-26(16-33)31(37)24-14-20(39-4)9-10-22(24)30(25)36/h5-10,13-17,36-38H,11-12,18H2,1-4H3/b6-5+,8-7+/t33-/m0/s1. The minimum Gasteiger partial charge on any atom is -0.507 e. The van der Waals surface area contributed by atoms with Crippen LogP contribution in [0.2, 0.25) is 0 Å². The highest BCUT2D eigenvalue weighted by atomic mass is 16.5. The Morgan fingerprint density at radius 1 is 0.949 bits per heavy atom. The largest absolute Gasteiger partial charge is 0.507 e. The van der Waals surface area contributed by atoms with Gasteiger partial charge in [0.15, 0.2) is 0 Å². The zero-order valence-corrected chi connectivity index (χ0v) is 22.6. The average molecular weight is 521 g/mol. The minimum absolute atomic E-state index is 0.103. The molecule has 1 spiro atoms. The number of phenols is 3. The van der Waals surface area contributed by atoms with Crippen LogP contribution in [0.25, 0.3) is 39.8 Å². The summed E-state index contributed by atoms with van der Waals surface area (Å²) in [7, 11) is 5.66. The molecule has 1 atom stereocenters. The van der Waals surface area contributed by atoms with Gasteiger partial charge in [-0.25, -0.2) is 0 Å². The van der Waals surface area contributed by atoms with Crippen molar-refractivity contribution in [1.29, 1.82) is 0 Å². The van der Waals surface area contributed by atoms with Crippen LogP contribution in [0.3, 0.4) is 0 Å². The summed E-state index contributed by atoms with van der Waals surface area (Å²) in [6, 6.07) is 7.32. The molecule has 1 aromatic heterocycles. The number of aromatic hydroxyl groups is 3. The summed E-state index contributed by atoms with van der Waals surface area (Å²) in [5.41, 5.74) is 3.30. The normalized spacial score (nSPS) is 18.0. The summed E-state index contributed by atoms with van der Waals surface area (Å²) >= 11 is 0. The molecule has 0 unspecified atom stereocenters. The summed E-state index contributed by atoms with van der Waals surface area (Å²) < 4.78 is 5.35. The van der Waals surface area contributed by atoms with E-state index in [1.165, 1.54) is 5.56 Å². The number of hydrogen-bond donors (Lipinski definition) is 3. The number of phenolic OH excluding ortho intramolecular Hbond substituents is 3. The van der Waals surface area contributed by atoms with Crippen LogP contribution in [0.15, 0.2) is 48.7 Å². The van der Waals surface area contributed by atoms with Gasteiger partial charge in [-0.3, -0.25) is 4.98 Å². The molecule has 0 bridgehead atoms. The van der Waals surface area contributed by atoms with Gasteiger partial charge in [-0.1, -0.05) is 30.4 Å². The average Bonchev–Trinajstić information content (AvgIpc) is 3.50. The van der Waals surface area contributed by atoms with E-state index >= 15 is 0 Å². The second-order valence-corrected chi connectivity index (χ2v) is 10.7. The SMILES string of the molecule is C/C=C/C=C/c1cc2c(CN(C)C)c3c(c(O)c2cn1)[C@]1(C=c2c(O)c4ccc(OC)cc4c(O)c2=C1)CC3. The Morgan fingerprint density at radius 3 is 2.38 bits per heavy atom. The second-order valence-electron chi connectivity index (χ2n) is 10.7. The van der Waals surface area contributed by atoms with E-state index in [0.29, 0.717) is 38.9 Å². The van der Waals surface area contributed by atoms with E-state index in [2.05, 4.69) is 9.88 Å². The van der Waals surface area contributed by atoms with E-state index < -0.39 is 5.41 Å². The number of rotatable bonds is 5. The number of ether oxygens (including phenoxy) is 1. The van der Waals surface area contributed by atoms with Crippen molar-refractivity contribution < 1.29 is 20.1 Å². The van der Waals surface area contributed by atoms with Crippen LogP contribution < -0.4 is 15.2 Å². The monoisotopic (exact) mass is 520 g/mol. The molecule has 39 heavy (non-hydrogen) atoms. The predicted molar refractivity (Wildman–Crippen MR) is 157 cm³/mol. The number of fused-ring (bicyclic) bond motifs is 5. The Labute approximate surface area is 227 Å². The smallest absolute Gasteiger partial charge is 0.131 e. The van der Waals surface area contributed by atoms with Crippen LogP contribution in [0, 0.1) is 0 Å². The summed E-state index contributed by atoms with van der Waals surface area (Å²) in [6.07, 6.45) is 15.1. The fraction of sp³-hybridized carbons (Fsp3) is 0.242. The molecule has 3 N–H and O–H groups in total. The van der Waals surface area contributed by atoms with Gasteiger partial charge in [-0.15, -0.1) is 0 Å². The zero-order valence-electron chi connectivity index (χ0n) is 22.6. The first-order valence-electron chi connectivity index (χ1n) is 13.2. The third-order valence-electron chi connectivity index (χ3n) is 8.05. The van der Waals surface area contributed by atoms with E-state index in [1.807, 2.05) is 63.5 Å². The van der Waals surface area contributed by atoms with Gasteiger partial charge in [0, 0.05) is 50.3 Å². The lowest BCUT2D eigenvalue weighted by Gasteiger charge is -2.24. The van der Waals surface area contributed by atoms with Crippen LogP contribution in [0.5, 0.6) is 23.0 Å². The van der Waals surface area contributed by atoms with Crippen LogP contribution in [-0.4, -0.2) is 46.4 Å². The van der Waals surface area contributed by atoms with Crippen molar-refractivity contribution in [3.63, 3.8) is 0 Å². The maximum atomic E-state index is 11.8. The van der Waals surface area contributed by atoms with Crippen molar-refractivity contribution in [2.24, 2.45) is 0 Å². The maximum absolute atomic E-state index is 11.8. The summed E-state index contributed by atoms with van der Waals surface area (Å²) in [4.78, 5) is 6.76. The molecule has 6 heteroatoms. The molecule has 1 heterocycles. The number of allylic oxidation sites excluding steroid dienone is 3. The number of benzene rings is 3. The molecule has 0 aliphatic heterocycles. The van der Waals surface area contributed by atoms with E-state index in [0.717, 1.165) is 35.0 Å². The minimum atomic E-state index is -0.655. The van der Waals surface area contributed by atoms with E-state index in [-0.39, 0.29) is 17.2 Å². The third kappa shape index (κ3) is 3.78. The molecule has 3 aromatic carbocycles. The molecule has 0 radical (unpaired) electrons.